The first-order chi connectivity index (χ1) is 3.31. The number of hydrogen-bond donors (Lipinski definition) is 2. The third kappa shape index (κ3) is 5.39. The SMILES string of the molecule is C=CC(=O)NCO.[SiH4]. The minimum absolute atomic E-state index is 0. The van der Waals surface area contributed by atoms with Crippen LogP contribution < -0.4 is 5.32 Å². The Hall–Kier alpha value is -0.613. The molecule has 0 fully saturated rings. The van der Waals surface area contributed by atoms with Crippen LogP contribution in [0.15, 0.2) is 12.7 Å². The molecule has 0 saturated heterocycles. The van der Waals surface area contributed by atoms with Crippen molar-refractivity contribution >= 4 is 16.9 Å². The van der Waals surface area contributed by atoms with Gasteiger partial charge in [-0.3, -0.25) is 4.79 Å². The van der Waals surface area contributed by atoms with E-state index in [0.717, 1.165) is 6.08 Å². The third-order valence-electron chi connectivity index (χ3n) is 0.439. The fourth-order valence-corrected chi connectivity index (χ4v) is 0.150. The first-order valence-electron chi connectivity index (χ1n) is 1.82. The first kappa shape index (κ1) is 10.4. The van der Waals surface area contributed by atoms with Gasteiger partial charge in [-0.25, -0.2) is 0 Å². The zero-order valence-corrected chi connectivity index (χ0v) is 3.85. The van der Waals surface area contributed by atoms with Crippen molar-refractivity contribution in [2.45, 2.75) is 0 Å². The van der Waals surface area contributed by atoms with E-state index in [4.69, 9.17) is 5.11 Å². The van der Waals surface area contributed by atoms with Crippen molar-refractivity contribution in [2.75, 3.05) is 6.73 Å². The van der Waals surface area contributed by atoms with Crippen LogP contribution in [0.1, 0.15) is 0 Å². The van der Waals surface area contributed by atoms with E-state index >= 15 is 0 Å². The number of rotatable bonds is 2. The molecule has 48 valence electrons. The number of aliphatic hydroxyl groups is 1. The number of hydrogen-bond acceptors (Lipinski definition) is 2. The van der Waals surface area contributed by atoms with Gasteiger partial charge in [-0.1, -0.05) is 6.58 Å². The van der Waals surface area contributed by atoms with Crippen molar-refractivity contribution < 1.29 is 9.90 Å². The Kier molecular flexibility index (Phi) is 8.29. The lowest BCUT2D eigenvalue weighted by Crippen LogP contribution is -2.20. The summed E-state index contributed by atoms with van der Waals surface area (Å²) >= 11 is 0. The number of amides is 1. The lowest BCUT2D eigenvalue weighted by atomic mass is 10.6. The zero-order valence-electron chi connectivity index (χ0n) is 3.85. The molecule has 2 N–H and O–H groups in total. The van der Waals surface area contributed by atoms with Gasteiger partial charge in [0.25, 0.3) is 0 Å². The van der Waals surface area contributed by atoms with Gasteiger partial charge in [0.15, 0.2) is 0 Å². The normalized spacial score (nSPS) is 6.62. The smallest absolute Gasteiger partial charge is 0.245 e. The Morgan fingerprint density at radius 1 is 1.88 bits per heavy atom. The Bertz CT molecular complexity index is 84.1. The van der Waals surface area contributed by atoms with Crippen LogP contribution in [0.5, 0.6) is 0 Å². The Morgan fingerprint density at radius 3 is 2.50 bits per heavy atom. The molecule has 0 aliphatic rings. The second-order valence-corrected chi connectivity index (χ2v) is 0.903. The van der Waals surface area contributed by atoms with E-state index in [2.05, 4.69) is 11.9 Å². The van der Waals surface area contributed by atoms with Crippen molar-refractivity contribution in [3.05, 3.63) is 12.7 Å². The molecule has 0 atom stereocenters. The molecular formula is C4H11NO2Si. The maximum absolute atomic E-state index is 10.0. The number of nitrogens with one attached hydrogen (secondary N) is 1. The van der Waals surface area contributed by atoms with Crippen LogP contribution >= 0.6 is 0 Å². The molecule has 0 aliphatic carbocycles. The maximum atomic E-state index is 10.0. The van der Waals surface area contributed by atoms with Crippen LogP contribution in [-0.2, 0) is 4.79 Å². The largest absolute Gasteiger partial charge is 0.376 e. The minimum atomic E-state index is -0.359. The van der Waals surface area contributed by atoms with Gasteiger partial charge in [-0.15, -0.1) is 0 Å². The van der Waals surface area contributed by atoms with Crippen molar-refractivity contribution in [3.63, 3.8) is 0 Å². The third-order valence-corrected chi connectivity index (χ3v) is 0.439. The van der Waals surface area contributed by atoms with E-state index in [9.17, 15) is 4.79 Å². The average Bonchev–Trinajstić information content (AvgIpc) is 1.68. The highest BCUT2D eigenvalue weighted by atomic mass is 28.1. The topological polar surface area (TPSA) is 49.3 Å². The van der Waals surface area contributed by atoms with Gasteiger partial charge in [-0.2, -0.15) is 0 Å². The van der Waals surface area contributed by atoms with Crippen LogP contribution in [0.25, 0.3) is 0 Å². The molecule has 8 heavy (non-hydrogen) atoms. The molecule has 0 rings (SSSR count). The molecule has 0 spiro atoms. The molecule has 0 unspecified atom stereocenters. The summed E-state index contributed by atoms with van der Waals surface area (Å²) in [6, 6.07) is 0. The van der Waals surface area contributed by atoms with Gasteiger partial charge in [0.05, 0.1) is 0 Å². The quantitative estimate of drug-likeness (QED) is 0.255. The van der Waals surface area contributed by atoms with Gasteiger partial charge < -0.3 is 10.4 Å². The zero-order chi connectivity index (χ0) is 5.70. The predicted octanol–water partition coefficient (Wildman–Crippen LogP) is -2.21. The van der Waals surface area contributed by atoms with E-state index in [0.29, 0.717) is 0 Å². The van der Waals surface area contributed by atoms with Crippen LogP contribution in [0.2, 0.25) is 0 Å². The van der Waals surface area contributed by atoms with E-state index in [-0.39, 0.29) is 23.6 Å². The van der Waals surface area contributed by atoms with Crippen molar-refractivity contribution in [3.8, 4) is 0 Å². The molecule has 1 amide bonds. The second kappa shape index (κ2) is 6.39. The predicted molar refractivity (Wildman–Crippen MR) is 36.8 cm³/mol. The second-order valence-electron chi connectivity index (χ2n) is 0.903. The lowest BCUT2D eigenvalue weighted by Gasteiger charge is -1.89. The molecule has 0 saturated carbocycles. The van der Waals surface area contributed by atoms with Gasteiger partial charge in [0.1, 0.15) is 6.73 Å². The van der Waals surface area contributed by atoms with Crippen LogP contribution in [0.3, 0.4) is 0 Å². The van der Waals surface area contributed by atoms with Gasteiger partial charge in [0.2, 0.25) is 5.91 Å². The molecule has 0 aromatic carbocycles. The van der Waals surface area contributed by atoms with Gasteiger partial charge in [0, 0.05) is 0 Å². The van der Waals surface area contributed by atoms with E-state index in [1.165, 1.54) is 0 Å². The average molecular weight is 133 g/mol. The van der Waals surface area contributed by atoms with Crippen LogP contribution in [0, 0.1) is 0 Å². The fourth-order valence-electron chi connectivity index (χ4n) is 0.150. The van der Waals surface area contributed by atoms with Crippen LogP contribution in [-0.4, -0.2) is 28.7 Å². The Balaban J connectivity index is 0. The summed E-state index contributed by atoms with van der Waals surface area (Å²) in [6.45, 7) is 2.83. The van der Waals surface area contributed by atoms with Crippen molar-refractivity contribution in [1.29, 1.82) is 0 Å². The monoisotopic (exact) mass is 133 g/mol. The molecule has 0 aromatic heterocycles. The molecule has 0 aromatic rings. The summed E-state index contributed by atoms with van der Waals surface area (Å²) in [5.41, 5.74) is 0. The van der Waals surface area contributed by atoms with Crippen LogP contribution in [0.4, 0.5) is 0 Å². The number of carbonyl (C=O) groups is 1. The lowest BCUT2D eigenvalue weighted by molar-refractivity contribution is -0.117. The molecular weight excluding hydrogens is 122 g/mol. The van der Waals surface area contributed by atoms with E-state index in [1.54, 1.807) is 0 Å². The number of carbonyl (C=O) groups excluding carboxylic acids is 1. The highest BCUT2D eigenvalue weighted by molar-refractivity contribution is 5.86. The summed E-state index contributed by atoms with van der Waals surface area (Å²) in [6.07, 6.45) is 1.09. The first-order valence-corrected chi connectivity index (χ1v) is 1.82. The highest BCUT2D eigenvalue weighted by Gasteiger charge is 1.84. The van der Waals surface area contributed by atoms with E-state index in [1.807, 2.05) is 0 Å². The molecule has 0 aliphatic heterocycles. The summed E-state index contributed by atoms with van der Waals surface area (Å²) in [7, 11) is 0. The molecule has 3 nitrogen and oxygen atoms in total. The number of aliphatic hydroxyl groups excluding tert-OH is 1. The Labute approximate surface area is 52.4 Å². The molecule has 0 heterocycles. The summed E-state index contributed by atoms with van der Waals surface area (Å²) in [5, 5.41) is 10.1. The van der Waals surface area contributed by atoms with Crippen molar-refractivity contribution in [2.24, 2.45) is 0 Å². The van der Waals surface area contributed by atoms with Crippen molar-refractivity contribution in [1.82, 2.24) is 5.32 Å². The summed E-state index contributed by atoms with van der Waals surface area (Å²) in [4.78, 5) is 10.0. The van der Waals surface area contributed by atoms with E-state index < -0.39 is 0 Å². The molecule has 0 bridgehead atoms. The maximum Gasteiger partial charge on any atom is 0.245 e. The standard InChI is InChI=1S/C4H7NO2.H4Si/c1-2-4(7)5-3-6;/h2,6H,1,3H2,(H,5,7);1H4. The molecule has 0 radical (unpaired) electrons. The van der Waals surface area contributed by atoms with Gasteiger partial charge in [-0.05, 0) is 17.0 Å². The Morgan fingerprint density at radius 2 is 2.38 bits per heavy atom. The highest BCUT2D eigenvalue weighted by Crippen LogP contribution is 1.59. The van der Waals surface area contributed by atoms with Gasteiger partial charge >= 0.3 is 0 Å². The molecule has 4 heteroatoms. The summed E-state index contributed by atoms with van der Waals surface area (Å²) < 4.78 is 0. The summed E-state index contributed by atoms with van der Waals surface area (Å²) in [5.74, 6) is -0.359. The fraction of sp³-hybridized carbons (Fsp3) is 0.250. The minimum Gasteiger partial charge on any atom is -0.376 e.